The summed E-state index contributed by atoms with van der Waals surface area (Å²) < 4.78 is 11.6. The van der Waals surface area contributed by atoms with Gasteiger partial charge in [0.1, 0.15) is 5.75 Å². The van der Waals surface area contributed by atoms with Crippen molar-refractivity contribution in [3.63, 3.8) is 0 Å². The molecule has 1 aromatic carbocycles. The molecule has 0 amide bonds. The Morgan fingerprint density at radius 2 is 1.90 bits per heavy atom. The standard InChI is InChI=1S/C17H27NO2/c1-13-6-4-5-7-16(13)20-17(12-18-2)14-8-10-15(19-3)11-9-14/h8-11,13,16-18H,4-7,12H2,1-3H3. The summed E-state index contributed by atoms with van der Waals surface area (Å²) in [7, 11) is 3.67. The monoisotopic (exact) mass is 277 g/mol. The third-order valence-corrected chi connectivity index (χ3v) is 4.25. The van der Waals surface area contributed by atoms with Crippen molar-refractivity contribution < 1.29 is 9.47 Å². The zero-order valence-electron chi connectivity index (χ0n) is 12.9. The predicted molar refractivity (Wildman–Crippen MR) is 82.2 cm³/mol. The number of likely N-dealkylation sites (N-methyl/N-ethyl adjacent to an activating group) is 1. The summed E-state index contributed by atoms with van der Waals surface area (Å²) in [6.07, 6.45) is 5.64. The van der Waals surface area contributed by atoms with Crippen molar-refractivity contribution in [2.75, 3.05) is 20.7 Å². The molecule has 3 unspecified atom stereocenters. The van der Waals surface area contributed by atoms with E-state index in [4.69, 9.17) is 9.47 Å². The molecule has 3 heteroatoms. The van der Waals surface area contributed by atoms with Crippen LogP contribution in [-0.4, -0.2) is 26.8 Å². The van der Waals surface area contributed by atoms with Gasteiger partial charge in [-0.2, -0.15) is 0 Å². The van der Waals surface area contributed by atoms with Gasteiger partial charge in [-0.15, -0.1) is 0 Å². The van der Waals surface area contributed by atoms with E-state index >= 15 is 0 Å². The number of ether oxygens (including phenoxy) is 2. The average Bonchev–Trinajstić information content (AvgIpc) is 2.49. The second kappa shape index (κ2) is 7.65. The quantitative estimate of drug-likeness (QED) is 0.862. The molecular weight excluding hydrogens is 250 g/mol. The van der Waals surface area contributed by atoms with Crippen molar-refractivity contribution >= 4 is 0 Å². The molecule has 0 spiro atoms. The van der Waals surface area contributed by atoms with Crippen molar-refractivity contribution in [3.05, 3.63) is 29.8 Å². The van der Waals surface area contributed by atoms with Crippen molar-refractivity contribution in [2.24, 2.45) is 5.92 Å². The zero-order chi connectivity index (χ0) is 14.4. The molecule has 0 heterocycles. The van der Waals surface area contributed by atoms with Crippen LogP contribution >= 0.6 is 0 Å². The van der Waals surface area contributed by atoms with E-state index in [1.54, 1.807) is 7.11 Å². The highest BCUT2D eigenvalue weighted by molar-refractivity contribution is 5.28. The molecule has 1 aromatic rings. The molecule has 1 aliphatic rings. The fourth-order valence-electron chi connectivity index (χ4n) is 2.94. The van der Waals surface area contributed by atoms with Crippen molar-refractivity contribution in [2.45, 2.75) is 44.8 Å². The fourth-order valence-corrected chi connectivity index (χ4v) is 2.94. The molecule has 1 saturated carbocycles. The normalized spacial score (nSPS) is 24.4. The molecule has 112 valence electrons. The van der Waals surface area contributed by atoms with Crippen LogP contribution in [0.5, 0.6) is 5.75 Å². The summed E-state index contributed by atoms with van der Waals surface area (Å²) >= 11 is 0. The molecule has 0 radical (unpaired) electrons. The van der Waals surface area contributed by atoms with Crippen LogP contribution < -0.4 is 10.1 Å². The molecular formula is C17H27NO2. The van der Waals surface area contributed by atoms with Crippen LogP contribution in [0.4, 0.5) is 0 Å². The summed E-state index contributed by atoms with van der Waals surface area (Å²) in [4.78, 5) is 0. The summed E-state index contributed by atoms with van der Waals surface area (Å²) in [5.74, 6) is 1.56. The fraction of sp³-hybridized carbons (Fsp3) is 0.647. The van der Waals surface area contributed by atoms with E-state index < -0.39 is 0 Å². The molecule has 0 aliphatic heterocycles. The lowest BCUT2D eigenvalue weighted by Gasteiger charge is -2.32. The van der Waals surface area contributed by atoms with Crippen LogP contribution in [0, 0.1) is 5.92 Å². The number of rotatable bonds is 6. The largest absolute Gasteiger partial charge is 0.497 e. The number of nitrogens with one attached hydrogen (secondary N) is 1. The Hall–Kier alpha value is -1.06. The smallest absolute Gasteiger partial charge is 0.118 e. The molecule has 1 N–H and O–H groups in total. The maximum Gasteiger partial charge on any atom is 0.118 e. The van der Waals surface area contributed by atoms with E-state index in [9.17, 15) is 0 Å². The van der Waals surface area contributed by atoms with Gasteiger partial charge >= 0.3 is 0 Å². The molecule has 3 atom stereocenters. The second-order valence-electron chi connectivity index (χ2n) is 5.76. The maximum atomic E-state index is 6.40. The van der Waals surface area contributed by atoms with Crippen LogP contribution in [0.15, 0.2) is 24.3 Å². The van der Waals surface area contributed by atoms with Crippen molar-refractivity contribution in [3.8, 4) is 5.75 Å². The lowest BCUT2D eigenvalue weighted by atomic mass is 9.87. The summed E-state index contributed by atoms with van der Waals surface area (Å²) in [6, 6.07) is 8.22. The molecule has 0 aromatic heterocycles. The van der Waals surface area contributed by atoms with Gasteiger partial charge in [0.15, 0.2) is 0 Å². The van der Waals surface area contributed by atoms with Gasteiger partial charge in [-0.3, -0.25) is 0 Å². The Balaban J connectivity index is 2.04. The summed E-state index contributed by atoms with van der Waals surface area (Å²) in [5, 5.41) is 3.24. The van der Waals surface area contributed by atoms with Gasteiger partial charge in [0.05, 0.1) is 19.3 Å². The first kappa shape index (κ1) is 15.3. The first-order valence-electron chi connectivity index (χ1n) is 7.68. The Bertz CT molecular complexity index is 390. The van der Waals surface area contributed by atoms with Crippen molar-refractivity contribution in [1.29, 1.82) is 0 Å². The zero-order valence-corrected chi connectivity index (χ0v) is 12.9. The van der Waals surface area contributed by atoms with Gasteiger partial charge in [-0.05, 0) is 43.5 Å². The molecule has 2 rings (SSSR count). The number of hydrogen-bond donors (Lipinski definition) is 1. The van der Waals surface area contributed by atoms with Gasteiger partial charge in [0.2, 0.25) is 0 Å². The first-order chi connectivity index (χ1) is 9.74. The molecule has 0 bridgehead atoms. The van der Waals surface area contributed by atoms with Crippen LogP contribution in [0.3, 0.4) is 0 Å². The SMILES string of the molecule is CNCC(OC1CCCCC1C)c1ccc(OC)cc1. The lowest BCUT2D eigenvalue weighted by Crippen LogP contribution is -2.30. The van der Waals surface area contributed by atoms with E-state index in [0.29, 0.717) is 12.0 Å². The van der Waals surface area contributed by atoms with E-state index in [-0.39, 0.29) is 6.10 Å². The Kier molecular flexibility index (Phi) is 5.86. The van der Waals surface area contributed by atoms with Gasteiger partial charge in [0.25, 0.3) is 0 Å². The Morgan fingerprint density at radius 1 is 1.20 bits per heavy atom. The highest BCUT2D eigenvalue weighted by atomic mass is 16.5. The third kappa shape index (κ3) is 3.97. The minimum atomic E-state index is 0.122. The Morgan fingerprint density at radius 3 is 2.50 bits per heavy atom. The molecule has 1 aliphatic carbocycles. The number of methoxy groups -OCH3 is 1. The highest BCUT2D eigenvalue weighted by Gasteiger charge is 2.25. The number of benzene rings is 1. The van der Waals surface area contributed by atoms with E-state index in [1.165, 1.54) is 31.2 Å². The van der Waals surface area contributed by atoms with Gasteiger partial charge in [-0.25, -0.2) is 0 Å². The predicted octanol–water partition coefficient (Wildman–Crippen LogP) is 3.55. The van der Waals surface area contributed by atoms with Gasteiger partial charge in [-0.1, -0.05) is 31.9 Å². The minimum absolute atomic E-state index is 0.122. The summed E-state index contributed by atoms with van der Waals surface area (Å²) in [6.45, 7) is 3.16. The van der Waals surface area contributed by atoms with Gasteiger partial charge < -0.3 is 14.8 Å². The highest BCUT2D eigenvalue weighted by Crippen LogP contribution is 2.31. The van der Waals surface area contributed by atoms with Crippen LogP contribution in [0.1, 0.15) is 44.3 Å². The van der Waals surface area contributed by atoms with Crippen LogP contribution in [0.25, 0.3) is 0 Å². The van der Waals surface area contributed by atoms with E-state index in [0.717, 1.165) is 12.3 Å². The number of hydrogen-bond acceptors (Lipinski definition) is 3. The molecule has 0 saturated heterocycles. The minimum Gasteiger partial charge on any atom is -0.497 e. The Labute approximate surface area is 122 Å². The van der Waals surface area contributed by atoms with Crippen LogP contribution in [-0.2, 0) is 4.74 Å². The average molecular weight is 277 g/mol. The maximum absolute atomic E-state index is 6.40. The van der Waals surface area contributed by atoms with Gasteiger partial charge in [0, 0.05) is 6.54 Å². The molecule has 1 fully saturated rings. The van der Waals surface area contributed by atoms with E-state index in [2.05, 4.69) is 24.4 Å². The van der Waals surface area contributed by atoms with E-state index in [1.807, 2.05) is 19.2 Å². The molecule has 3 nitrogen and oxygen atoms in total. The van der Waals surface area contributed by atoms with Crippen molar-refractivity contribution in [1.82, 2.24) is 5.32 Å². The summed E-state index contributed by atoms with van der Waals surface area (Å²) in [5.41, 5.74) is 1.22. The second-order valence-corrected chi connectivity index (χ2v) is 5.76. The first-order valence-corrected chi connectivity index (χ1v) is 7.68. The molecule has 20 heavy (non-hydrogen) atoms. The third-order valence-electron chi connectivity index (χ3n) is 4.25. The lowest BCUT2D eigenvalue weighted by molar-refractivity contribution is -0.0558. The topological polar surface area (TPSA) is 30.5 Å². The van der Waals surface area contributed by atoms with Crippen LogP contribution in [0.2, 0.25) is 0 Å².